The molecular weight excluding hydrogens is 378 g/mol. The van der Waals surface area contributed by atoms with Crippen LogP contribution in [0.4, 0.5) is 0 Å². The van der Waals surface area contributed by atoms with Gasteiger partial charge in [0.1, 0.15) is 0 Å². The molecule has 2 amide bonds. The van der Waals surface area contributed by atoms with Gasteiger partial charge in [-0.25, -0.2) is 4.98 Å². The van der Waals surface area contributed by atoms with Crippen LogP contribution in [0.5, 0.6) is 5.88 Å². The molecule has 1 fully saturated rings. The van der Waals surface area contributed by atoms with Crippen LogP contribution in [0.2, 0.25) is 0 Å². The Morgan fingerprint density at radius 3 is 2.40 bits per heavy atom. The van der Waals surface area contributed by atoms with Gasteiger partial charge in [0.15, 0.2) is 0 Å². The Balaban J connectivity index is 1.34. The Bertz CT molecular complexity index is 851. The molecule has 6 heteroatoms. The van der Waals surface area contributed by atoms with Crippen molar-refractivity contribution in [2.24, 2.45) is 5.92 Å². The number of carbonyl (C=O) groups is 2. The van der Waals surface area contributed by atoms with E-state index in [9.17, 15) is 9.59 Å². The van der Waals surface area contributed by atoms with Crippen LogP contribution < -0.4 is 15.4 Å². The van der Waals surface area contributed by atoms with Crippen LogP contribution in [0.1, 0.15) is 61.5 Å². The number of rotatable bonds is 9. The molecule has 0 atom stereocenters. The highest BCUT2D eigenvalue weighted by Crippen LogP contribution is 2.29. The van der Waals surface area contributed by atoms with E-state index >= 15 is 0 Å². The van der Waals surface area contributed by atoms with E-state index in [0.717, 1.165) is 12.2 Å². The maximum atomic E-state index is 12.2. The van der Waals surface area contributed by atoms with Crippen molar-refractivity contribution in [2.45, 2.75) is 52.0 Å². The fraction of sp³-hybridized carbons (Fsp3) is 0.458. The summed E-state index contributed by atoms with van der Waals surface area (Å²) in [6.07, 6.45) is 4.43. The smallest absolute Gasteiger partial charge is 0.251 e. The summed E-state index contributed by atoms with van der Waals surface area (Å²) in [5.74, 6) is 1.02. The average Bonchev–Trinajstić information content (AvgIpc) is 3.55. The maximum absolute atomic E-state index is 12.2. The second kappa shape index (κ2) is 9.74. The number of pyridine rings is 1. The highest BCUT2D eigenvalue weighted by Gasteiger charge is 2.22. The molecule has 0 unspecified atom stereocenters. The van der Waals surface area contributed by atoms with Gasteiger partial charge in [0.25, 0.3) is 5.91 Å². The quantitative estimate of drug-likeness (QED) is 0.663. The molecule has 1 saturated carbocycles. The molecular formula is C24H31N3O3. The summed E-state index contributed by atoms with van der Waals surface area (Å²) in [6.45, 7) is 7.82. The molecule has 1 aliphatic rings. The molecule has 0 aliphatic heterocycles. The molecule has 6 nitrogen and oxygen atoms in total. The number of amides is 2. The van der Waals surface area contributed by atoms with Gasteiger partial charge in [-0.05, 0) is 47.4 Å². The van der Waals surface area contributed by atoms with Crippen molar-refractivity contribution in [3.8, 4) is 5.88 Å². The van der Waals surface area contributed by atoms with Crippen molar-refractivity contribution < 1.29 is 14.3 Å². The van der Waals surface area contributed by atoms with E-state index in [1.807, 2.05) is 36.4 Å². The van der Waals surface area contributed by atoms with Crippen LogP contribution in [0.3, 0.4) is 0 Å². The van der Waals surface area contributed by atoms with Crippen molar-refractivity contribution in [1.29, 1.82) is 0 Å². The summed E-state index contributed by atoms with van der Waals surface area (Å²) in [5, 5.41) is 5.64. The summed E-state index contributed by atoms with van der Waals surface area (Å²) < 4.78 is 5.61. The lowest BCUT2D eigenvalue weighted by Gasteiger charge is -2.19. The molecule has 160 valence electrons. The van der Waals surface area contributed by atoms with E-state index in [2.05, 4.69) is 36.4 Å². The van der Waals surface area contributed by atoms with Crippen molar-refractivity contribution in [3.63, 3.8) is 0 Å². The normalized spacial score (nSPS) is 13.6. The number of aromatic nitrogens is 1. The fourth-order valence-corrected chi connectivity index (χ4v) is 2.89. The zero-order valence-electron chi connectivity index (χ0n) is 18.0. The Morgan fingerprint density at radius 1 is 1.07 bits per heavy atom. The molecule has 2 N–H and O–H groups in total. The topological polar surface area (TPSA) is 80.3 Å². The van der Waals surface area contributed by atoms with Gasteiger partial charge in [-0.1, -0.05) is 39.0 Å². The summed E-state index contributed by atoms with van der Waals surface area (Å²) in [5.41, 5.74) is 2.73. The lowest BCUT2D eigenvalue weighted by Crippen LogP contribution is -2.30. The summed E-state index contributed by atoms with van der Waals surface area (Å²) in [4.78, 5) is 28.5. The molecule has 1 aromatic heterocycles. The predicted molar refractivity (Wildman–Crippen MR) is 116 cm³/mol. The Labute approximate surface area is 178 Å². The van der Waals surface area contributed by atoms with Gasteiger partial charge < -0.3 is 15.4 Å². The molecule has 1 aliphatic carbocycles. The van der Waals surface area contributed by atoms with Crippen molar-refractivity contribution in [3.05, 3.63) is 59.3 Å². The zero-order valence-corrected chi connectivity index (χ0v) is 18.0. The second-order valence-electron chi connectivity index (χ2n) is 8.87. The van der Waals surface area contributed by atoms with Crippen molar-refractivity contribution in [1.82, 2.24) is 15.6 Å². The van der Waals surface area contributed by atoms with Crippen molar-refractivity contribution >= 4 is 11.8 Å². The molecule has 0 saturated heterocycles. The molecule has 30 heavy (non-hydrogen) atoms. The van der Waals surface area contributed by atoms with Gasteiger partial charge in [-0.2, -0.15) is 0 Å². The number of hydrogen-bond donors (Lipinski definition) is 2. The van der Waals surface area contributed by atoms with Gasteiger partial charge in [0, 0.05) is 37.3 Å². The fourth-order valence-electron chi connectivity index (χ4n) is 2.89. The van der Waals surface area contributed by atoms with Crippen LogP contribution in [0, 0.1) is 5.92 Å². The third-order valence-corrected chi connectivity index (χ3v) is 5.10. The van der Waals surface area contributed by atoms with Crippen molar-refractivity contribution in [2.75, 3.05) is 13.2 Å². The van der Waals surface area contributed by atoms with E-state index in [4.69, 9.17) is 4.74 Å². The molecule has 1 heterocycles. The van der Waals surface area contributed by atoms with E-state index in [1.54, 1.807) is 6.20 Å². The first-order chi connectivity index (χ1) is 14.3. The molecule has 0 spiro atoms. The van der Waals surface area contributed by atoms with E-state index in [1.165, 1.54) is 18.4 Å². The number of nitrogens with zero attached hydrogens (tertiary/aromatic N) is 1. The minimum atomic E-state index is -0.172. The third kappa shape index (κ3) is 6.87. The number of ether oxygens (including phenoxy) is 1. The zero-order chi connectivity index (χ0) is 21.6. The van der Waals surface area contributed by atoms with E-state index in [-0.39, 0.29) is 30.2 Å². The van der Waals surface area contributed by atoms with E-state index < -0.39 is 0 Å². The van der Waals surface area contributed by atoms with Gasteiger partial charge in [0.05, 0.1) is 6.61 Å². The average molecular weight is 410 g/mol. The molecule has 3 rings (SSSR count). The van der Waals surface area contributed by atoms with Gasteiger partial charge >= 0.3 is 0 Å². The number of carbonyl (C=O) groups excluding carboxylic acids is 2. The van der Waals surface area contributed by atoms with Gasteiger partial charge in [-0.3, -0.25) is 9.59 Å². The predicted octanol–water partition coefficient (Wildman–Crippen LogP) is 3.60. The van der Waals surface area contributed by atoms with Crippen LogP contribution in [-0.2, 0) is 16.8 Å². The standard InChI is InChI=1S/C24H31N3O3/c1-24(2,3)20-9-7-19(8-10-20)23(29)25-13-12-21(28)26-14-18-6-11-22(27-15-18)30-16-17-4-5-17/h6-11,15,17H,4-5,12-14,16H2,1-3H3,(H,25,29)(H,26,28). The SMILES string of the molecule is CC(C)(C)c1ccc(C(=O)NCCC(=O)NCc2ccc(OCC3CC3)nc2)cc1. The summed E-state index contributed by atoms with van der Waals surface area (Å²) >= 11 is 0. The minimum absolute atomic E-state index is 0.0482. The van der Waals surface area contributed by atoms with Crippen LogP contribution in [0.15, 0.2) is 42.6 Å². The monoisotopic (exact) mass is 409 g/mol. The third-order valence-electron chi connectivity index (χ3n) is 5.10. The molecule has 0 radical (unpaired) electrons. The first kappa shape index (κ1) is 21.8. The molecule has 0 bridgehead atoms. The Morgan fingerprint density at radius 2 is 1.80 bits per heavy atom. The highest BCUT2D eigenvalue weighted by atomic mass is 16.5. The lowest BCUT2D eigenvalue weighted by atomic mass is 9.87. The van der Waals surface area contributed by atoms with Crippen LogP contribution >= 0.6 is 0 Å². The molecule has 1 aromatic carbocycles. The summed E-state index contributed by atoms with van der Waals surface area (Å²) in [6, 6.07) is 11.3. The first-order valence-corrected chi connectivity index (χ1v) is 10.5. The molecule has 2 aromatic rings. The van der Waals surface area contributed by atoms with E-state index in [0.29, 0.717) is 23.9 Å². The Kier molecular flexibility index (Phi) is 7.08. The maximum Gasteiger partial charge on any atom is 0.251 e. The number of hydrogen-bond acceptors (Lipinski definition) is 4. The second-order valence-corrected chi connectivity index (χ2v) is 8.87. The lowest BCUT2D eigenvalue weighted by molar-refractivity contribution is -0.121. The number of benzene rings is 1. The summed E-state index contributed by atoms with van der Waals surface area (Å²) in [7, 11) is 0. The van der Waals surface area contributed by atoms with Crippen LogP contribution in [0.25, 0.3) is 0 Å². The minimum Gasteiger partial charge on any atom is -0.477 e. The number of nitrogens with one attached hydrogen (secondary N) is 2. The Hall–Kier alpha value is -2.89. The first-order valence-electron chi connectivity index (χ1n) is 10.5. The highest BCUT2D eigenvalue weighted by molar-refractivity contribution is 5.94. The van der Waals surface area contributed by atoms with Gasteiger partial charge in [-0.15, -0.1) is 0 Å². The van der Waals surface area contributed by atoms with Gasteiger partial charge in [0.2, 0.25) is 11.8 Å². The van der Waals surface area contributed by atoms with Crippen LogP contribution in [-0.4, -0.2) is 29.9 Å². The largest absolute Gasteiger partial charge is 0.477 e.